The summed E-state index contributed by atoms with van der Waals surface area (Å²) in [5.74, 6) is -2.59. The molecule has 0 aromatic heterocycles. The van der Waals surface area contributed by atoms with Gasteiger partial charge in [-0.15, -0.1) is 0 Å². The second-order valence-electron chi connectivity index (χ2n) is 11.2. The fourth-order valence-electron chi connectivity index (χ4n) is 4.21. The van der Waals surface area contributed by atoms with Crippen LogP contribution in [0.5, 0.6) is 0 Å². The summed E-state index contributed by atoms with van der Waals surface area (Å²) < 4.78 is 5.75. The van der Waals surface area contributed by atoms with E-state index in [0.29, 0.717) is 12.8 Å². The first-order valence-electron chi connectivity index (χ1n) is 17.5. The predicted octanol–water partition coefficient (Wildman–Crippen LogP) is 7.36. The van der Waals surface area contributed by atoms with Gasteiger partial charge < -0.3 is 25.6 Å². The molecule has 0 rings (SSSR count). The van der Waals surface area contributed by atoms with Crippen LogP contribution >= 0.6 is 0 Å². The monoisotopic (exact) mass is 668 g/mol. The van der Waals surface area contributed by atoms with Gasteiger partial charge in [-0.3, -0.25) is 14.4 Å². The molecule has 2 unspecified atom stereocenters. The Morgan fingerprint density at radius 3 is 1.83 bits per heavy atom. The number of allylic oxidation sites excluding steroid dienone is 12. The van der Waals surface area contributed by atoms with Crippen molar-refractivity contribution in [1.29, 1.82) is 0 Å². The zero-order valence-corrected chi connectivity index (χ0v) is 29.2. The van der Waals surface area contributed by atoms with E-state index in [1.54, 1.807) is 0 Å². The molecule has 0 saturated heterocycles. The van der Waals surface area contributed by atoms with Gasteiger partial charge in [0.05, 0.1) is 19.6 Å². The number of esters is 1. The Bertz CT molecular complexity index is 1090. The molecule has 0 aliphatic carbocycles. The highest BCUT2D eigenvalue weighted by Crippen LogP contribution is 2.13. The second-order valence-corrected chi connectivity index (χ2v) is 11.2. The minimum Gasteiger partial charge on any atom is -0.480 e. The lowest BCUT2D eigenvalue weighted by molar-refractivity contribution is -0.146. The Kier molecular flexibility index (Phi) is 30.2. The van der Waals surface area contributed by atoms with Crippen LogP contribution in [0.1, 0.15) is 110 Å². The van der Waals surface area contributed by atoms with E-state index in [4.69, 9.17) is 14.9 Å². The normalized spacial score (nSPS) is 13.6. The Hall–Kier alpha value is -3.98. The largest absolute Gasteiger partial charge is 0.480 e. The smallest absolute Gasteiger partial charge is 0.328 e. The molecule has 0 fully saturated rings. The molecule has 0 radical (unpaired) electrons. The minimum absolute atomic E-state index is 0.221. The van der Waals surface area contributed by atoms with Gasteiger partial charge in [-0.05, 0) is 70.3 Å². The summed E-state index contributed by atoms with van der Waals surface area (Å²) in [4.78, 5) is 47.1. The molecule has 0 saturated carbocycles. The minimum atomic E-state index is -1.40. The van der Waals surface area contributed by atoms with Crippen LogP contribution in [0.2, 0.25) is 0 Å². The molecule has 0 heterocycles. The second kappa shape index (κ2) is 32.9. The summed E-state index contributed by atoms with van der Waals surface area (Å²) in [6.45, 7) is 3.19. The molecule has 0 aromatic carbocycles. The summed E-state index contributed by atoms with van der Waals surface area (Å²) >= 11 is 0. The highest BCUT2D eigenvalue weighted by molar-refractivity contribution is 5.87. The number of hydrogen-bond donors (Lipinski definition) is 4. The molecule has 268 valence electrons. The maximum atomic E-state index is 12.5. The van der Waals surface area contributed by atoms with Gasteiger partial charge in [0.25, 0.3) is 0 Å². The fourth-order valence-corrected chi connectivity index (χ4v) is 4.21. The zero-order valence-electron chi connectivity index (χ0n) is 29.2. The van der Waals surface area contributed by atoms with Crippen LogP contribution in [-0.4, -0.2) is 59.3 Å². The van der Waals surface area contributed by atoms with Crippen LogP contribution in [0.4, 0.5) is 0 Å². The number of nitrogens with one attached hydrogen (secondary N) is 2. The maximum Gasteiger partial charge on any atom is 0.328 e. The van der Waals surface area contributed by atoms with Crippen molar-refractivity contribution >= 4 is 23.8 Å². The van der Waals surface area contributed by atoms with Gasteiger partial charge in [0.1, 0.15) is 12.1 Å². The summed E-state index contributed by atoms with van der Waals surface area (Å²) in [6.07, 6.45) is 40.8. The number of unbranched alkanes of at least 4 members (excludes halogenated alkanes) is 4. The molecule has 2 atom stereocenters. The van der Waals surface area contributed by atoms with E-state index in [1.165, 1.54) is 0 Å². The van der Waals surface area contributed by atoms with Crippen molar-refractivity contribution in [3.8, 4) is 0 Å². The summed E-state index contributed by atoms with van der Waals surface area (Å²) in [6, 6.07) is -1.40. The lowest BCUT2D eigenvalue weighted by Gasteiger charge is -2.14. The van der Waals surface area contributed by atoms with Gasteiger partial charge in [0.2, 0.25) is 11.8 Å². The lowest BCUT2D eigenvalue weighted by Crippen LogP contribution is -2.47. The summed E-state index contributed by atoms with van der Waals surface area (Å²) in [5.41, 5.74) is 0. The number of aliphatic carboxylic acids is 1. The molecule has 0 aliphatic rings. The molecular formula is C39H60N2O7. The average Bonchev–Trinajstić information content (AvgIpc) is 3.07. The Morgan fingerprint density at radius 1 is 0.688 bits per heavy atom. The molecule has 0 spiro atoms. The highest BCUT2D eigenvalue weighted by atomic mass is 16.5. The van der Waals surface area contributed by atoms with E-state index < -0.39 is 24.5 Å². The Labute approximate surface area is 288 Å². The van der Waals surface area contributed by atoms with E-state index in [0.717, 1.165) is 70.6 Å². The van der Waals surface area contributed by atoms with Crippen molar-refractivity contribution in [3.05, 3.63) is 85.1 Å². The summed E-state index contributed by atoms with van der Waals surface area (Å²) in [5, 5.41) is 22.4. The van der Waals surface area contributed by atoms with Gasteiger partial charge in [0.15, 0.2) is 0 Å². The van der Waals surface area contributed by atoms with Crippen LogP contribution in [0, 0.1) is 0 Å². The van der Waals surface area contributed by atoms with Crippen LogP contribution in [0.3, 0.4) is 0 Å². The number of carboxylic acid groups (broad SMARTS) is 1. The number of hydrogen-bond acceptors (Lipinski definition) is 6. The van der Waals surface area contributed by atoms with Crippen LogP contribution in [-0.2, 0) is 23.9 Å². The highest BCUT2D eigenvalue weighted by Gasteiger charge is 2.18. The third-order valence-electron chi connectivity index (χ3n) is 6.87. The van der Waals surface area contributed by atoms with E-state index in [9.17, 15) is 19.2 Å². The quantitative estimate of drug-likeness (QED) is 0.0371. The standard InChI is InChI=1S/C39H60N2O7/c1-3-5-7-9-11-12-13-14-15-16-17-18-19-21-27-31-38(45)48-34(28-24-20-10-8-6-4-2)29-25-22-23-26-30-36(43)40-32-37(44)41-35(33-42)39(46)47/h5,7-8,10-12,14-15,17-18,21,24,27-28,34-35,42H,3-4,6,9,13,16,19-20,22-23,25-26,29-33H2,1-2H3,(H,40,43)(H,41,44)(H,46,47)/b7-5-,10-8-,12-11-,15-14-,18-17-,27-21-,28-24-. The van der Waals surface area contributed by atoms with Crippen molar-refractivity contribution in [2.45, 2.75) is 122 Å². The first-order valence-corrected chi connectivity index (χ1v) is 17.5. The molecule has 0 aromatic rings. The topological polar surface area (TPSA) is 142 Å². The number of aliphatic hydroxyl groups excluding tert-OH is 1. The van der Waals surface area contributed by atoms with Crippen LogP contribution in [0.25, 0.3) is 0 Å². The number of carboxylic acids is 1. The third-order valence-corrected chi connectivity index (χ3v) is 6.87. The van der Waals surface area contributed by atoms with Crippen molar-refractivity contribution in [3.63, 3.8) is 0 Å². The zero-order chi connectivity index (χ0) is 35.5. The molecule has 0 bridgehead atoms. The number of carbonyl (C=O) groups is 4. The van der Waals surface area contributed by atoms with Crippen LogP contribution < -0.4 is 10.6 Å². The van der Waals surface area contributed by atoms with Gasteiger partial charge in [-0.1, -0.05) is 112 Å². The number of rotatable bonds is 29. The third kappa shape index (κ3) is 29.4. The van der Waals surface area contributed by atoms with Gasteiger partial charge in [-0.25, -0.2) is 4.79 Å². The van der Waals surface area contributed by atoms with E-state index in [2.05, 4.69) is 85.2 Å². The molecule has 2 amide bonds. The fraction of sp³-hybridized carbons (Fsp3) is 0.538. The summed E-state index contributed by atoms with van der Waals surface area (Å²) in [7, 11) is 0. The van der Waals surface area contributed by atoms with Crippen molar-refractivity contribution in [2.24, 2.45) is 0 Å². The molecule has 48 heavy (non-hydrogen) atoms. The molecule has 0 aliphatic heterocycles. The number of carbonyl (C=O) groups excluding carboxylic acids is 3. The van der Waals surface area contributed by atoms with Crippen molar-refractivity contribution in [2.75, 3.05) is 13.2 Å². The Morgan fingerprint density at radius 2 is 1.25 bits per heavy atom. The Balaban J connectivity index is 4.43. The SMILES string of the molecule is CC/C=C\C/C=C\C/C=C\C/C=C\C/C=C\CC(=O)OC(/C=C\C/C=C\CCC)CCCCCCC(=O)NCC(=O)NC(CO)C(=O)O. The average molecular weight is 669 g/mol. The van der Waals surface area contributed by atoms with E-state index >= 15 is 0 Å². The van der Waals surface area contributed by atoms with E-state index in [1.807, 2.05) is 24.3 Å². The van der Waals surface area contributed by atoms with Gasteiger partial charge >= 0.3 is 11.9 Å². The van der Waals surface area contributed by atoms with Gasteiger partial charge in [-0.2, -0.15) is 0 Å². The van der Waals surface area contributed by atoms with Crippen molar-refractivity contribution in [1.82, 2.24) is 10.6 Å². The molecule has 9 nitrogen and oxygen atoms in total. The molecule has 9 heteroatoms. The number of aliphatic hydroxyl groups is 1. The first kappa shape index (κ1) is 44.0. The number of amides is 2. The number of ether oxygens (including phenoxy) is 1. The van der Waals surface area contributed by atoms with Crippen molar-refractivity contribution < 1.29 is 34.1 Å². The van der Waals surface area contributed by atoms with Crippen LogP contribution in [0.15, 0.2) is 85.1 Å². The lowest BCUT2D eigenvalue weighted by atomic mass is 10.1. The molecular weight excluding hydrogens is 608 g/mol. The maximum absolute atomic E-state index is 12.5. The molecule has 4 N–H and O–H groups in total. The van der Waals surface area contributed by atoms with Gasteiger partial charge in [0, 0.05) is 6.42 Å². The first-order chi connectivity index (χ1) is 23.3. The predicted molar refractivity (Wildman–Crippen MR) is 194 cm³/mol. The van der Waals surface area contributed by atoms with E-state index in [-0.39, 0.29) is 37.4 Å².